The molecule has 8 aromatic carbocycles. The van der Waals surface area contributed by atoms with Crippen molar-refractivity contribution in [1.29, 1.82) is 0 Å². The van der Waals surface area contributed by atoms with Crippen LogP contribution in [-0.2, 0) is 39.0 Å². The number of hydrogen-bond acceptors (Lipinski definition) is 0. The third-order valence-electron chi connectivity index (χ3n) is 13.4. The Bertz CT molecular complexity index is 3510. The predicted octanol–water partition coefficient (Wildman–Crippen LogP) is 24.5. The van der Waals surface area contributed by atoms with Gasteiger partial charge >= 0.3 is 0 Å². The van der Waals surface area contributed by atoms with Gasteiger partial charge in [0.1, 0.15) is 0 Å². The molecule has 432 valence electrons. The maximum absolute atomic E-state index is 2.44. The highest BCUT2D eigenvalue weighted by Gasteiger charge is 2.15. The van der Waals surface area contributed by atoms with E-state index < -0.39 is 0 Å². The SMILES string of the molecule is C.C.CC.CC.CC.CC.CC.CC.CC.CC.CCn1c2ccccc2c2cc(Cc3ccc4c(c3)c3ccccc3n4CC)ccc21.CCn1c2ccccc2c2cc(Cc3ccc4c5ccccc5n(CC)c4c3)ccc21. The van der Waals surface area contributed by atoms with Gasteiger partial charge in [-0.1, -0.05) is 229 Å². The van der Waals surface area contributed by atoms with E-state index in [9.17, 15) is 0 Å². The monoisotopic (exact) mass is 1080 g/mol. The molecule has 0 saturated carbocycles. The van der Waals surface area contributed by atoms with Gasteiger partial charge < -0.3 is 18.3 Å². The minimum atomic E-state index is 0. The average molecular weight is 1080 g/mol. The summed E-state index contributed by atoms with van der Waals surface area (Å²) in [4.78, 5) is 0. The van der Waals surface area contributed by atoms with E-state index >= 15 is 0 Å². The van der Waals surface area contributed by atoms with Gasteiger partial charge in [0.25, 0.3) is 0 Å². The number of hydrogen-bond donors (Lipinski definition) is 0. The minimum absolute atomic E-state index is 0. The van der Waals surface area contributed by atoms with Gasteiger partial charge in [-0.25, -0.2) is 0 Å². The highest BCUT2D eigenvalue weighted by molar-refractivity contribution is 6.11. The van der Waals surface area contributed by atoms with Crippen molar-refractivity contribution in [1.82, 2.24) is 18.3 Å². The number of nitrogens with zero attached hydrogens (tertiary/aromatic N) is 4. The molecular formula is C76H108N4. The molecular weight excluding hydrogens is 969 g/mol. The summed E-state index contributed by atoms with van der Waals surface area (Å²) in [6.45, 7) is 44.8. The molecule has 0 radical (unpaired) electrons. The summed E-state index contributed by atoms with van der Waals surface area (Å²) < 4.78 is 9.69. The van der Waals surface area contributed by atoms with Gasteiger partial charge in [0.05, 0.1) is 0 Å². The first kappa shape index (κ1) is 71.0. The minimum Gasteiger partial charge on any atom is -0.341 e. The number of para-hydroxylation sites is 4. The van der Waals surface area contributed by atoms with Crippen molar-refractivity contribution in [3.8, 4) is 0 Å². The van der Waals surface area contributed by atoms with Crippen LogP contribution in [0.3, 0.4) is 0 Å². The normalized spacial score (nSPS) is 9.85. The Labute approximate surface area is 487 Å². The van der Waals surface area contributed by atoms with Gasteiger partial charge in [-0.05, 0) is 130 Å². The van der Waals surface area contributed by atoms with E-state index in [4.69, 9.17) is 0 Å². The largest absolute Gasteiger partial charge is 0.341 e. The summed E-state index contributed by atoms with van der Waals surface area (Å²) in [6, 6.07) is 63.0. The van der Waals surface area contributed by atoms with Crippen LogP contribution in [0.15, 0.2) is 170 Å². The van der Waals surface area contributed by atoms with Crippen LogP contribution < -0.4 is 0 Å². The van der Waals surface area contributed by atoms with E-state index in [2.05, 4.69) is 216 Å². The fourth-order valence-corrected chi connectivity index (χ4v) is 10.7. The lowest BCUT2D eigenvalue weighted by Gasteiger charge is -2.07. The van der Waals surface area contributed by atoms with E-state index in [1.165, 1.54) is 109 Å². The Morgan fingerprint density at radius 1 is 0.212 bits per heavy atom. The Kier molecular flexibility index (Phi) is 32.8. The van der Waals surface area contributed by atoms with Crippen molar-refractivity contribution in [2.24, 2.45) is 0 Å². The van der Waals surface area contributed by atoms with Crippen LogP contribution in [0.25, 0.3) is 87.2 Å². The van der Waals surface area contributed by atoms with Crippen molar-refractivity contribution in [3.05, 3.63) is 192 Å². The molecule has 0 unspecified atom stereocenters. The van der Waals surface area contributed by atoms with Crippen molar-refractivity contribution in [2.75, 3.05) is 0 Å². The molecule has 0 fully saturated rings. The molecule has 12 aromatic rings. The maximum atomic E-state index is 2.44. The zero-order chi connectivity index (χ0) is 57.9. The standard InChI is InChI=1S/2C29H26N2.8C2H6.2CH4/c1-3-30-27-12-8-6-10-23(27)25-18-20(14-16-28(25)30)17-21-13-15-24-22-9-5-7-11-26(22)31(4-2)29(24)19-21;1-3-30-26-11-7-5-9-22(26)24-18-20(13-15-28(24)30)17-21-14-16-29-25(19-21)23-10-6-8-12-27(23)31(29)4-2;8*1-2;;/h2*5-16,18-19H,3-4,17H2,1-2H3;8*1-2H3;2*1H4. The summed E-state index contributed by atoms with van der Waals surface area (Å²) in [5.41, 5.74) is 16.1. The van der Waals surface area contributed by atoms with Crippen LogP contribution in [0.2, 0.25) is 0 Å². The van der Waals surface area contributed by atoms with Gasteiger partial charge in [0.15, 0.2) is 0 Å². The van der Waals surface area contributed by atoms with Gasteiger partial charge in [0, 0.05) is 113 Å². The number of rotatable bonds is 8. The molecule has 4 heterocycles. The first-order chi connectivity index (χ1) is 38.6. The molecule has 0 bridgehead atoms. The third kappa shape index (κ3) is 14.8. The quantitative estimate of drug-likeness (QED) is 0.145. The zero-order valence-electron chi connectivity index (χ0n) is 52.2. The summed E-state index contributed by atoms with van der Waals surface area (Å²) in [7, 11) is 0. The maximum Gasteiger partial charge on any atom is 0.0494 e. The second kappa shape index (κ2) is 37.0. The summed E-state index contributed by atoms with van der Waals surface area (Å²) in [5.74, 6) is 0. The average Bonchev–Trinajstić information content (AvgIpc) is 4.25. The van der Waals surface area contributed by atoms with E-state index in [-0.39, 0.29) is 14.9 Å². The van der Waals surface area contributed by atoms with Crippen LogP contribution in [0.4, 0.5) is 0 Å². The lowest BCUT2D eigenvalue weighted by atomic mass is 10.0. The molecule has 4 heteroatoms. The number of aryl methyl sites for hydroxylation is 4. The molecule has 0 aliphatic heterocycles. The van der Waals surface area contributed by atoms with Crippen molar-refractivity contribution in [3.63, 3.8) is 0 Å². The topological polar surface area (TPSA) is 19.7 Å². The Morgan fingerprint density at radius 3 is 0.688 bits per heavy atom. The summed E-state index contributed by atoms with van der Waals surface area (Å²) in [6.07, 6.45) is 1.89. The van der Waals surface area contributed by atoms with Crippen LogP contribution in [-0.4, -0.2) is 18.3 Å². The van der Waals surface area contributed by atoms with Crippen molar-refractivity contribution < 1.29 is 0 Å². The molecule has 4 aromatic heterocycles. The van der Waals surface area contributed by atoms with E-state index in [1.807, 2.05) is 111 Å². The lowest BCUT2D eigenvalue weighted by molar-refractivity contribution is 0.826. The van der Waals surface area contributed by atoms with E-state index in [1.54, 1.807) is 0 Å². The molecule has 12 rings (SSSR count). The predicted molar refractivity (Wildman–Crippen MR) is 370 cm³/mol. The van der Waals surface area contributed by atoms with Gasteiger partial charge in [-0.2, -0.15) is 0 Å². The van der Waals surface area contributed by atoms with Crippen LogP contribution in [0, 0.1) is 0 Å². The fraction of sp³-hybridized carbons (Fsp3) is 0.368. The number of fused-ring (bicyclic) bond motifs is 12. The highest BCUT2D eigenvalue weighted by atomic mass is 15.0. The Morgan fingerprint density at radius 2 is 0.412 bits per heavy atom. The first-order valence-electron chi connectivity index (χ1n) is 30.6. The molecule has 0 aliphatic rings. The van der Waals surface area contributed by atoms with Gasteiger partial charge in [0.2, 0.25) is 0 Å². The summed E-state index contributed by atoms with van der Waals surface area (Å²) in [5, 5.41) is 10.8. The van der Waals surface area contributed by atoms with Gasteiger partial charge in [-0.15, -0.1) is 0 Å². The molecule has 0 N–H and O–H groups in total. The highest BCUT2D eigenvalue weighted by Crippen LogP contribution is 2.35. The molecule has 0 atom stereocenters. The molecule has 0 aliphatic carbocycles. The molecule has 0 saturated heterocycles. The Balaban J connectivity index is 0.000000629. The number of benzene rings is 8. The Hall–Kier alpha value is -7.04. The van der Waals surface area contributed by atoms with E-state index in [0.717, 1.165) is 39.0 Å². The molecule has 0 amide bonds. The second-order valence-corrected chi connectivity index (χ2v) is 16.8. The zero-order valence-corrected chi connectivity index (χ0v) is 52.2. The summed E-state index contributed by atoms with van der Waals surface area (Å²) >= 11 is 0. The van der Waals surface area contributed by atoms with Crippen molar-refractivity contribution in [2.45, 2.75) is 192 Å². The van der Waals surface area contributed by atoms with Crippen LogP contribution in [0.1, 0.15) is 176 Å². The molecule has 4 nitrogen and oxygen atoms in total. The van der Waals surface area contributed by atoms with Crippen LogP contribution >= 0.6 is 0 Å². The van der Waals surface area contributed by atoms with Gasteiger partial charge in [-0.3, -0.25) is 0 Å². The molecule has 0 spiro atoms. The molecule has 80 heavy (non-hydrogen) atoms. The second-order valence-electron chi connectivity index (χ2n) is 16.8. The van der Waals surface area contributed by atoms with Crippen molar-refractivity contribution >= 4 is 87.2 Å². The third-order valence-corrected chi connectivity index (χ3v) is 13.4. The smallest absolute Gasteiger partial charge is 0.0494 e. The van der Waals surface area contributed by atoms with Crippen LogP contribution in [0.5, 0.6) is 0 Å². The number of aromatic nitrogens is 4. The fourth-order valence-electron chi connectivity index (χ4n) is 10.7. The first-order valence-corrected chi connectivity index (χ1v) is 30.6. The van der Waals surface area contributed by atoms with E-state index in [0.29, 0.717) is 0 Å². The lowest BCUT2D eigenvalue weighted by Crippen LogP contribution is -1.95.